The molecule has 0 spiro atoms. The molecule has 9 heavy (non-hydrogen) atoms. The van der Waals surface area contributed by atoms with Gasteiger partial charge in [0.2, 0.25) is 0 Å². The van der Waals surface area contributed by atoms with Crippen LogP contribution in [-0.2, 0) is 0 Å². The Balaban J connectivity index is 2.24. The second-order valence-electron chi connectivity index (χ2n) is 2.69. The van der Waals surface area contributed by atoms with E-state index in [9.17, 15) is 0 Å². The largest absolute Gasteiger partial charge is 0.250 e. The quantitative estimate of drug-likeness (QED) is 0.582. The van der Waals surface area contributed by atoms with Crippen LogP contribution in [0.2, 0.25) is 0 Å². The van der Waals surface area contributed by atoms with Gasteiger partial charge in [-0.2, -0.15) is 0 Å². The molecule has 0 bridgehead atoms. The molecule has 2 heteroatoms. The molecule has 0 amide bonds. The summed E-state index contributed by atoms with van der Waals surface area (Å²) in [6.07, 6.45) is 5.53. The van der Waals surface area contributed by atoms with Crippen LogP contribution in [-0.4, -0.2) is 16.9 Å². The number of hydrogen-bond donors (Lipinski definition) is 1. The zero-order valence-corrected chi connectivity index (χ0v) is 6.90. The van der Waals surface area contributed by atoms with Crippen molar-refractivity contribution in [1.29, 1.82) is 0 Å². The van der Waals surface area contributed by atoms with Gasteiger partial charge in [0.25, 0.3) is 0 Å². The lowest BCUT2D eigenvalue weighted by Crippen LogP contribution is -2.23. The zero-order chi connectivity index (χ0) is 6.69. The summed E-state index contributed by atoms with van der Waals surface area (Å²) in [4.78, 5) is 0. The van der Waals surface area contributed by atoms with Gasteiger partial charge in [0.15, 0.2) is 0 Å². The third kappa shape index (κ3) is 1.87. The average molecular weight is 145 g/mol. The standard InChI is InChI=1S/C7H15NS/c1-2-8(9)7-5-3-4-6-7/h7,9H,2-6H2,1H3. The normalized spacial score (nSPS) is 21.7. The summed E-state index contributed by atoms with van der Waals surface area (Å²) in [5.41, 5.74) is 0. The first-order chi connectivity index (χ1) is 4.34. The Morgan fingerprint density at radius 2 is 2.00 bits per heavy atom. The molecule has 0 saturated heterocycles. The second-order valence-corrected chi connectivity index (χ2v) is 3.21. The Morgan fingerprint density at radius 3 is 2.44 bits per heavy atom. The van der Waals surface area contributed by atoms with Gasteiger partial charge in [-0.15, -0.1) is 0 Å². The Labute approximate surface area is 63.0 Å². The van der Waals surface area contributed by atoms with Crippen LogP contribution in [0.25, 0.3) is 0 Å². The molecule has 0 heterocycles. The van der Waals surface area contributed by atoms with Crippen molar-refractivity contribution in [2.75, 3.05) is 6.54 Å². The lowest BCUT2D eigenvalue weighted by atomic mass is 10.2. The summed E-state index contributed by atoms with van der Waals surface area (Å²) in [7, 11) is 0. The lowest BCUT2D eigenvalue weighted by molar-refractivity contribution is 0.377. The van der Waals surface area contributed by atoms with Crippen LogP contribution in [0.4, 0.5) is 0 Å². The van der Waals surface area contributed by atoms with E-state index in [4.69, 9.17) is 0 Å². The Morgan fingerprint density at radius 1 is 1.44 bits per heavy atom. The van der Waals surface area contributed by atoms with E-state index in [2.05, 4.69) is 24.0 Å². The summed E-state index contributed by atoms with van der Waals surface area (Å²) >= 11 is 4.36. The molecule has 1 nitrogen and oxygen atoms in total. The number of rotatable bonds is 2. The minimum atomic E-state index is 0.776. The van der Waals surface area contributed by atoms with E-state index >= 15 is 0 Å². The van der Waals surface area contributed by atoms with Crippen molar-refractivity contribution < 1.29 is 0 Å². The van der Waals surface area contributed by atoms with Crippen molar-refractivity contribution in [3.8, 4) is 0 Å². The van der Waals surface area contributed by atoms with Gasteiger partial charge in [-0.1, -0.05) is 32.6 Å². The highest BCUT2D eigenvalue weighted by molar-refractivity contribution is 7.77. The molecule has 1 fully saturated rings. The number of nitrogens with zero attached hydrogens (tertiary/aromatic N) is 1. The average Bonchev–Trinajstić information content (AvgIpc) is 2.37. The highest BCUT2D eigenvalue weighted by Gasteiger charge is 2.18. The van der Waals surface area contributed by atoms with Crippen LogP contribution in [0.1, 0.15) is 32.6 Å². The molecule has 0 aromatic rings. The molecule has 0 N–H and O–H groups in total. The van der Waals surface area contributed by atoms with Gasteiger partial charge in [-0.05, 0) is 12.8 Å². The van der Waals surface area contributed by atoms with Crippen LogP contribution in [0.5, 0.6) is 0 Å². The topological polar surface area (TPSA) is 3.24 Å². The highest BCUT2D eigenvalue weighted by atomic mass is 32.1. The molecule has 1 aliphatic carbocycles. The molecule has 0 aliphatic heterocycles. The van der Waals surface area contributed by atoms with Crippen molar-refractivity contribution in [2.24, 2.45) is 0 Å². The van der Waals surface area contributed by atoms with E-state index in [1.165, 1.54) is 25.7 Å². The molecule has 0 atom stereocenters. The summed E-state index contributed by atoms with van der Waals surface area (Å²) in [5.74, 6) is 0. The third-order valence-electron chi connectivity index (χ3n) is 2.07. The maximum absolute atomic E-state index is 4.36. The second kappa shape index (κ2) is 3.47. The summed E-state index contributed by atoms with van der Waals surface area (Å²) in [6.45, 7) is 3.24. The van der Waals surface area contributed by atoms with Crippen LogP contribution in [0, 0.1) is 0 Å². The van der Waals surface area contributed by atoms with Crippen LogP contribution in [0.3, 0.4) is 0 Å². The molecule has 0 aromatic carbocycles. The Bertz CT molecular complexity index is 79.0. The smallest absolute Gasteiger partial charge is 0.0200 e. The van der Waals surface area contributed by atoms with Gasteiger partial charge in [-0.25, -0.2) is 0 Å². The van der Waals surface area contributed by atoms with E-state index in [-0.39, 0.29) is 0 Å². The fourth-order valence-corrected chi connectivity index (χ4v) is 1.69. The van der Waals surface area contributed by atoms with Crippen molar-refractivity contribution in [3.05, 3.63) is 0 Å². The fraction of sp³-hybridized carbons (Fsp3) is 1.00. The first-order valence-corrected chi connectivity index (χ1v) is 4.20. The van der Waals surface area contributed by atoms with E-state index in [0.717, 1.165) is 12.6 Å². The number of hydrogen-bond acceptors (Lipinski definition) is 2. The predicted molar refractivity (Wildman–Crippen MR) is 43.6 cm³/mol. The summed E-state index contributed by atoms with van der Waals surface area (Å²) in [5, 5.41) is 0. The van der Waals surface area contributed by atoms with Gasteiger partial charge in [-0.3, -0.25) is 4.31 Å². The van der Waals surface area contributed by atoms with Gasteiger partial charge in [0, 0.05) is 12.6 Å². The molecule has 54 valence electrons. The molecule has 1 rings (SSSR count). The third-order valence-corrected chi connectivity index (χ3v) is 2.68. The van der Waals surface area contributed by atoms with Crippen LogP contribution >= 0.6 is 12.8 Å². The van der Waals surface area contributed by atoms with E-state index in [0.29, 0.717) is 0 Å². The molecule has 0 radical (unpaired) electrons. The first-order valence-electron chi connectivity index (χ1n) is 3.80. The summed E-state index contributed by atoms with van der Waals surface area (Å²) < 4.78 is 2.16. The van der Waals surface area contributed by atoms with E-state index < -0.39 is 0 Å². The maximum atomic E-state index is 4.36. The van der Waals surface area contributed by atoms with Gasteiger partial charge < -0.3 is 0 Å². The molecule has 1 aliphatic rings. The molecular formula is C7H15NS. The maximum Gasteiger partial charge on any atom is 0.0200 e. The summed E-state index contributed by atoms with van der Waals surface area (Å²) in [6, 6.07) is 0.776. The van der Waals surface area contributed by atoms with Crippen molar-refractivity contribution in [2.45, 2.75) is 38.6 Å². The molecule has 0 unspecified atom stereocenters. The van der Waals surface area contributed by atoms with Crippen molar-refractivity contribution >= 4 is 12.8 Å². The van der Waals surface area contributed by atoms with Crippen molar-refractivity contribution in [3.63, 3.8) is 0 Å². The lowest BCUT2D eigenvalue weighted by Gasteiger charge is -2.19. The monoisotopic (exact) mass is 145 g/mol. The zero-order valence-electron chi connectivity index (χ0n) is 6.01. The van der Waals surface area contributed by atoms with Crippen molar-refractivity contribution in [1.82, 2.24) is 4.31 Å². The van der Waals surface area contributed by atoms with E-state index in [1.807, 2.05) is 0 Å². The van der Waals surface area contributed by atoms with Gasteiger partial charge in [0.05, 0.1) is 0 Å². The van der Waals surface area contributed by atoms with E-state index in [1.54, 1.807) is 0 Å². The first kappa shape index (κ1) is 7.42. The minimum Gasteiger partial charge on any atom is -0.250 e. The molecule has 1 saturated carbocycles. The number of thiol groups is 1. The Kier molecular flexibility index (Phi) is 2.86. The van der Waals surface area contributed by atoms with Gasteiger partial charge >= 0.3 is 0 Å². The molecular weight excluding hydrogens is 130 g/mol. The van der Waals surface area contributed by atoms with Crippen LogP contribution < -0.4 is 0 Å². The minimum absolute atomic E-state index is 0.776. The highest BCUT2D eigenvalue weighted by Crippen LogP contribution is 2.23. The van der Waals surface area contributed by atoms with Crippen LogP contribution in [0.15, 0.2) is 0 Å². The molecule has 0 aromatic heterocycles. The predicted octanol–water partition coefficient (Wildman–Crippen LogP) is 2.10. The Hall–Kier alpha value is 0.310. The SMILES string of the molecule is CCN(S)C1CCCC1. The fourth-order valence-electron chi connectivity index (χ4n) is 1.46. The van der Waals surface area contributed by atoms with Gasteiger partial charge in [0.1, 0.15) is 0 Å².